The topological polar surface area (TPSA) is 151 Å². The second-order valence-electron chi connectivity index (χ2n) is 5.58. The first kappa shape index (κ1) is 18.1. The van der Waals surface area contributed by atoms with Crippen molar-refractivity contribution in [1.82, 2.24) is 19.6 Å². The standard InChI is InChI=1S/C17H17N7O3/c18-4-2-11-8-21-16-14(15(19)23-24(16)10-11)17(26)22-12-9-20-5-3-13(12)27-7-1-6-25/h3,5,8-10,25H,1-2,6-7H2,(H2,19,23)(H,22,26). The Bertz CT molecular complexity index is 1010. The van der Waals surface area contributed by atoms with Crippen LogP contribution in [0.4, 0.5) is 11.5 Å². The van der Waals surface area contributed by atoms with E-state index in [1.165, 1.54) is 23.1 Å². The normalized spacial score (nSPS) is 10.5. The highest BCUT2D eigenvalue weighted by Crippen LogP contribution is 2.25. The fourth-order valence-electron chi connectivity index (χ4n) is 2.42. The molecule has 3 rings (SSSR count). The molecule has 10 nitrogen and oxygen atoms in total. The minimum Gasteiger partial charge on any atom is -0.491 e. The van der Waals surface area contributed by atoms with Crippen molar-refractivity contribution in [2.24, 2.45) is 0 Å². The van der Waals surface area contributed by atoms with Gasteiger partial charge in [-0.1, -0.05) is 0 Å². The van der Waals surface area contributed by atoms with E-state index < -0.39 is 5.91 Å². The van der Waals surface area contributed by atoms with Crippen molar-refractivity contribution < 1.29 is 14.6 Å². The number of amides is 1. The number of nitrogens with two attached hydrogens (primary N) is 1. The highest BCUT2D eigenvalue weighted by molar-refractivity contribution is 6.11. The van der Waals surface area contributed by atoms with Gasteiger partial charge in [-0.3, -0.25) is 9.78 Å². The molecule has 0 atom stereocenters. The molecule has 138 valence electrons. The predicted molar refractivity (Wildman–Crippen MR) is 96.1 cm³/mol. The van der Waals surface area contributed by atoms with E-state index in [1.54, 1.807) is 12.3 Å². The first-order chi connectivity index (χ1) is 13.1. The highest BCUT2D eigenvalue weighted by atomic mass is 16.5. The number of hydrogen-bond donors (Lipinski definition) is 3. The van der Waals surface area contributed by atoms with Gasteiger partial charge in [0.25, 0.3) is 5.91 Å². The molecule has 0 aliphatic heterocycles. The van der Waals surface area contributed by atoms with E-state index in [9.17, 15) is 4.79 Å². The summed E-state index contributed by atoms with van der Waals surface area (Å²) in [5.41, 5.74) is 7.31. The van der Waals surface area contributed by atoms with E-state index in [1.807, 2.05) is 6.07 Å². The molecule has 3 aromatic rings. The number of hydrogen-bond acceptors (Lipinski definition) is 8. The Labute approximate surface area is 154 Å². The van der Waals surface area contributed by atoms with Crippen molar-refractivity contribution in [2.45, 2.75) is 12.8 Å². The Morgan fingerprint density at radius 3 is 3.07 bits per heavy atom. The van der Waals surface area contributed by atoms with Crippen LogP contribution in [0.1, 0.15) is 22.3 Å². The summed E-state index contributed by atoms with van der Waals surface area (Å²) in [5.74, 6) is -0.0742. The lowest BCUT2D eigenvalue weighted by Gasteiger charge is -2.11. The summed E-state index contributed by atoms with van der Waals surface area (Å²) in [6.07, 6.45) is 6.73. The van der Waals surface area contributed by atoms with Gasteiger partial charge in [-0.15, -0.1) is 5.10 Å². The van der Waals surface area contributed by atoms with Crippen LogP contribution in [-0.2, 0) is 6.42 Å². The zero-order chi connectivity index (χ0) is 19.2. The number of anilines is 2. The number of carbonyl (C=O) groups excluding carboxylic acids is 1. The quantitative estimate of drug-likeness (QED) is 0.518. The van der Waals surface area contributed by atoms with Crippen LogP contribution in [0.5, 0.6) is 5.75 Å². The van der Waals surface area contributed by atoms with Crippen LogP contribution in [0.25, 0.3) is 5.65 Å². The van der Waals surface area contributed by atoms with E-state index in [0.29, 0.717) is 30.0 Å². The van der Waals surface area contributed by atoms with Crippen LogP contribution >= 0.6 is 0 Å². The van der Waals surface area contributed by atoms with Gasteiger partial charge >= 0.3 is 0 Å². The average Bonchev–Trinajstić information content (AvgIpc) is 2.98. The van der Waals surface area contributed by atoms with Crippen molar-refractivity contribution in [3.8, 4) is 11.8 Å². The summed E-state index contributed by atoms with van der Waals surface area (Å²) in [5, 5.41) is 24.4. The fourth-order valence-corrected chi connectivity index (χ4v) is 2.42. The molecule has 3 heterocycles. The van der Waals surface area contributed by atoms with Gasteiger partial charge in [0, 0.05) is 43.2 Å². The van der Waals surface area contributed by atoms with Gasteiger partial charge in [0.2, 0.25) is 0 Å². The molecule has 27 heavy (non-hydrogen) atoms. The number of carbonyl (C=O) groups is 1. The SMILES string of the molecule is N#CCc1cnc2c(C(=O)Nc3cnccc3OCCCO)c(N)nn2c1. The lowest BCUT2D eigenvalue weighted by Crippen LogP contribution is -2.15. The molecule has 0 bridgehead atoms. The van der Waals surface area contributed by atoms with E-state index in [-0.39, 0.29) is 30.1 Å². The van der Waals surface area contributed by atoms with Gasteiger partial charge < -0.3 is 20.9 Å². The van der Waals surface area contributed by atoms with Crippen molar-refractivity contribution >= 4 is 23.1 Å². The van der Waals surface area contributed by atoms with Crippen molar-refractivity contribution in [2.75, 3.05) is 24.3 Å². The number of rotatable bonds is 7. The van der Waals surface area contributed by atoms with Crippen LogP contribution in [0.15, 0.2) is 30.9 Å². The molecule has 0 saturated heterocycles. The van der Waals surface area contributed by atoms with Crippen LogP contribution in [0, 0.1) is 11.3 Å². The Hall–Kier alpha value is -3.71. The molecule has 0 spiro atoms. The lowest BCUT2D eigenvalue weighted by atomic mass is 10.2. The van der Waals surface area contributed by atoms with Gasteiger partial charge in [-0.05, 0) is 0 Å². The summed E-state index contributed by atoms with van der Waals surface area (Å²) < 4.78 is 6.92. The molecule has 0 aliphatic carbocycles. The third kappa shape index (κ3) is 3.94. The van der Waals surface area contributed by atoms with Gasteiger partial charge in [0.05, 0.1) is 25.3 Å². The Kier molecular flexibility index (Phi) is 5.44. The molecule has 0 aromatic carbocycles. The Balaban J connectivity index is 1.87. The first-order valence-electron chi connectivity index (χ1n) is 8.12. The first-order valence-corrected chi connectivity index (χ1v) is 8.12. The second-order valence-corrected chi connectivity index (χ2v) is 5.58. The minimum absolute atomic E-state index is 0.00512. The summed E-state index contributed by atoms with van der Waals surface area (Å²) in [6, 6.07) is 3.63. The predicted octanol–water partition coefficient (Wildman–Crippen LogP) is 0.786. The minimum atomic E-state index is -0.511. The largest absolute Gasteiger partial charge is 0.491 e. The number of nitrogens with zero attached hydrogens (tertiary/aromatic N) is 5. The van der Waals surface area contributed by atoms with Gasteiger partial charge in [-0.25, -0.2) is 9.50 Å². The van der Waals surface area contributed by atoms with E-state index in [2.05, 4.69) is 20.4 Å². The number of ether oxygens (including phenoxy) is 1. The summed E-state index contributed by atoms with van der Waals surface area (Å²) in [6.45, 7) is 0.302. The fraction of sp³-hybridized carbons (Fsp3) is 0.235. The maximum absolute atomic E-state index is 12.7. The smallest absolute Gasteiger partial charge is 0.263 e. The number of nitrogen functional groups attached to an aromatic ring is 1. The van der Waals surface area contributed by atoms with Crippen LogP contribution in [-0.4, -0.2) is 43.8 Å². The van der Waals surface area contributed by atoms with Crippen LogP contribution in [0.2, 0.25) is 0 Å². The molecule has 0 unspecified atom stereocenters. The van der Waals surface area contributed by atoms with Crippen LogP contribution < -0.4 is 15.8 Å². The van der Waals surface area contributed by atoms with Gasteiger partial charge in [-0.2, -0.15) is 5.26 Å². The Morgan fingerprint density at radius 2 is 2.30 bits per heavy atom. The molecule has 4 N–H and O–H groups in total. The lowest BCUT2D eigenvalue weighted by molar-refractivity contribution is 0.102. The maximum atomic E-state index is 12.7. The molecular weight excluding hydrogens is 350 g/mol. The van der Waals surface area contributed by atoms with Gasteiger partial charge in [0.15, 0.2) is 11.5 Å². The molecule has 0 radical (unpaired) electrons. The monoisotopic (exact) mass is 367 g/mol. The van der Waals surface area contributed by atoms with Crippen molar-refractivity contribution in [3.05, 3.63) is 42.0 Å². The number of aliphatic hydroxyl groups excluding tert-OH is 1. The molecule has 10 heteroatoms. The molecule has 0 fully saturated rings. The molecular formula is C17H17N7O3. The number of nitriles is 1. The summed E-state index contributed by atoms with van der Waals surface area (Å²) >= 11 is 0. The molecule has 3 aromatic heterocycles. The Morgan fingerprint density at radius 1 is 1.44 bits per heavy atom. The number of aliphatic hydroxyl groups is 1. The van der Waals surface area contributed by atoms with E-state index in [4.69, 9.17) is 20.8 Å². The second kappa shape index (κ2) is 8.11. The third-order valence-electron chi connectivity index (χ3n) is 3.65. The van der Waals surface area contributed by atoms with Gasteiger partial charge in [0.1, 0.15) is 17.0 Å². The highest BCUT2D eigenvalue weighted by Gasteiger charge is 2.21. The molecule has 0 saturated carbocycles. The zero-order valence-electron chi connectivity index (χ0n) is 14.3. The average molecular weight is 367 g/mol. The van der Waals surface area contributed by atoms with E-state index in [0.717, 1.165) is 0 Å². The molecule has 0 aliphatic rings. The van der Waals surface area contributed by atoms with Crippen molar-refractivity contribution in [1.29, 1.82) is 5.26 Å². The van der Waals surface area contributed by atoms with Crippen molar-refractivity contribution in [3.63, 3.8) is 0 Å². The van der Waals surface area contributed by atoms with Crippen LogP contribution in [0.3, 0.4) is 0 Å². The maximum Gasteiger partial charge on any atom is 0.263 e. The molecule has 1 amide bonds. The number of pyridine rings is 1. The number of fused-ring (bicyclic) bond motifs is 1. The third-order valence-corrected chi connectivity index (χ3v) is 3.65. The summed E-state index contributed by atoms with van der Waals surface area (Å²) in [4.78, 5) is 20.9. The zero-order valence-corrected chi connectivity index (χ0v) is 14.3. The number of aromatic nitrogens is 4. The summed E-state index contributed by atoms with van der Waals surface area (Å²) in [7, 11) is 0. The van der Waals surface area contributed by atoms with E-state index >= 15 is 0 Å². The number of nitrogens with one attached hydrogen (secondary N) is 1.